The van der Waals surface area contributed by atoms with Crippen molar-refractivity contribution in [2.24, 2.45) is 0 Å². The number of para-hydroxylation sites is 5. The predicted octanol–water partition coefficient (Wildman–Crippen LogP) is 31.4. The largest absolute Gasteiger partial charge is 0.311 e. The summed E-state index contributed by atoms with van der Waals surface area (Å²) in [7, 11) is 0. The van der Waals surface area contributed by atoms with E-state index >= 15 is 0 Å². The number of rotatable bonds is 18. The molecule has 0 aliphatic carbocycles. The number of benzene rings is 19. The molecule has 0 aliphatic heterocycles. The molecule has 0 radical (unpaired) electrons. The average Bonchev–Trinajstić information content (AvgIpc) is 1.61. The van der Waals surface area contributed by atoms with Crippen molar-refractivity contribution < 1.29 is 0 Å². The van der Waals surface area contributed by atoms with Gasteiger partial charge in [-0.15, -0.1) is 0 Å². The molecule has 6 nitrogen and oxygen atoms in total. The van der Waals surface area contributed by atoms with Gasteiger partial charge >= 0.3 is 0 Å². The smallest absolute Gasteiger partial charge is 0.0541 e. The summed E-state index contributed by atoms with van der Waals surface area (Å²) in [5.74, 6) is 0. The maximum Gasteiger partial charge on any atom is 0.0541 e. The third-order valence-corrected chi connectivity index (χ3v) is 23.9. The molecule has 120 heavy (non-hydrogen) atoms. The number of fused-ring (bicyclic) bond motifs is 9. The van der Waals surface area contributed by atoms with E-state index in [1.54, 1.807) is 0 Å². The van der Waals surface area contributed by atoms with Crippen molar-refractivity contribution in [2.45, 2.75) is 0 Å². The van der Waals surface area contributed by atoms with E-state index in [9.17, 15) is 0 Å². The monoisotopic (exact) mass is 1530 g/mol. The highest BCUT2D eigenvalue weighted by Gasteiger charge is 2.23. The van der Waals surface area contributed by atoms with Gasteiger partial charge in [-0.1, -0.05) is 279 Å². The number of aromatic nitrogens is 3. The molecule has 22 rings (SSSR count). The fourth-order valence-electron chi connectivity index (χ4n) is 18.0. The standard InChI is InChI=1S/C114H78N6/c1-4-21-79(22-5-1)82-39-52-91(53-40-82)115(92-54-41-83(42-55-92)80-23-6-2-7-24-80)94-58-45-85(46-59-94)86-47-60-95(61-48-86)116(93-56-43-84(44-57-93)81-25-8-3-9-26-81)96-62-49-87(50-63-96)88-27-20-28-89(77-88)90-51-76-114-108(78-90)107-33-14-19-38-113(107)120(114)102-74-68-99(69-75-102)117(97-64-70-100(71-65-97)118-109-34-15-10-29-103(109)104-30-11-16-35-110(104)118)98-66-72-101(73-67-98)119-111-36-17-12-31-105(111)106-32-13-18-37-112(106)119/h1-78H. The minimum absolute atomic E-state index is 1.05. The van der Waals surface area contributed by atoms with E-state index in [-0.39, 0.29) is 0 Å². The molecular formula is C114H78N6. The highest BCUT2D eigenvalue weighted by Crippen LogP contribution is 2.45. The van der Waals surface area contributed by atoms with Crippen LogP contribution in [0.3, 0.4) is 0 Å². The lowest BCUT2D eigenvalue weighted by Crippen LogP contribution is -2.10. The number of nitrogens with zero attached hydrogens (tertiary/aromatic N) is 6. The topological polar surface area (TPSA) is 24.5 Å². The van der Waals surface area contributed by atoms with Crippen LogP contribution in [0.4, 0.5) is 51.2 Å². The molecule has 0 atom stereocenters. The van der Waals surface area contributed by atoms with E-state index in [2.05, 4.69) is 502 Å². The van der Waals surface area contributed by atoms with E-state index in [0.717, 1.165) is 113 Å². The Balaban J connectivity index is 0.559. The first-order valence-electron chi connectivity index (χ1n) is 41.1. The summed E-state index contributed by atoms with van der Waals surface area (Å²) in [6, 6.07) is 172. The van der Waals surface area contributed by atoms with Crippen LogP contribution >= 0.6 is 0 Å². The van der Waals surface area contributed by atoms with Crippen LogP contribution in [0.2, 0.25) is 0 Å². The molecule has 0 aliphatic rings. The summed E-state index contributed by atoms with van der Waals surface area (Å²) in [4.78, 5) is 7.09. The first kappa shape index (κ1) is 70.6. The summed E-state index contributed by atoms with van der Waals surface area (Å²) >= 11 is 0. The van der Waals surface area contributed by atoms with Gasteiger partial charge in [0.1, 0.15) is 0 Å². The van der Waals surface area contributed by atoms with Gasteiger partial charge in [0.15, 0.2) is 0 Å². The van der Waals surface area contributed by atoms with Crippen LogP contribution in [0.5, 0.6) is 0 Å². The molecule has 0 spiro atoms. The highest BCUT2D eigenvalue weighted by molar-refractivity contribution is 6.12. The first-order chi connectivity index (χ1) is 59.5. The van der Waals surface area contributed by atoms with Gasteiger partial charge in [-0.3, -0.25) is 0 Å². The molecule has 19 aromatic carbocycles. The summed E-state index contributed by atoms with van der Waals surface area (Å²) in [5.41, 5.74) is 33.9. The fourth-order valence-corrected chi connectivity index (χ4v) is 18.0. The van der Waals surface area contributed by atoms with Crippen LogP contribution in [-0.4, -0.2) is 13.7 Å². The maximum atomic E-state index is 2.42. The minimum atomic E-state index is 1.05. The Morgan fingerprint density at radius 1 is 0.117 bits per heavy atom. The number of hydrogen-bond donors (Lipinski definition) is 0. The van der Waals surface area contributed by atoms with Crippen molar-refractivity contribution in [1.29, 1.82) is 0 Å². The molecule has 0 amide bonds. The molecule has 0 saturated carbocycles. The van der Waals surface area contributed by atoms with E-state index < -0.39 is 0 Å². The van der Waals surface area contributed by atoms with Crippen molar-refractivity contribution in [3.05, 3.63) is 473 Å². The molecular weight excluding hydrogens is 1450 g/mol. The minimum Gasteiger partial charge on any atom is -0.311 e. The van der Waals surface area contributed by atoms with Gasteiger partial charge in [0, 0.05) is 101 Å². The van der Waals surface area contributed by atoms with Gasteiger partial charge in [0.05, 0.1) is 33.1 Å². The Hall–Kier alpha value is -16.0. The number of hydrogen-bond acceptors (Lipinski definition) is 3. The second-order valence-electron chi connectivity index (χ2n) is 30.8. The van der Waals surface area contributed by atoms with Crippen molar-refractivity contribution in [2.75, 3.05) is 14.7 Å². The molecule has 0 unspecified atom stereocenters. The molecule has 0 saturated heterocycles. The van der Waals surface area contributed by atoms with Gasteiger partial charge in [0.25, 0.3) is 0 Å². The second-order valence-corrected chi connectivity index (χ2v) is 30.8. The average molecular weight is 1530 g/mol. The lowest BCUT2D eigenvalue weighted by Gasteiger charge is -2.27. The third-order valence-electron chi connectivity index (χ3n) is 23.9. The molecule has 6 heteroatoms. The van der Waals surface area contributed by atoms with Crippen molar-refractivity contribution in [3.8, 4) is 83.8 Å². The summed E-state index contributed by atoms with van der Waals surface area (Å²) in [5, 5.41) is 7.37. The van der Waals surface area contributed by atoms with E-state index in [1.165, 1.54) is 87.8 Å². The maximum absolute atomic E-state index is 2.42. The molecule has 0 N–H and O–H groups in total. The molecule has 3 heterocycles. The quantitative estimate of drug-likeness (QED) is 0.0856. The van der Waals surface area contributed by atoms with E-state index in [0.29, 0.717) is 0 Å². The molecule has 3 aromatic heterocycles. The molecule has 0 bridgehead atoms. The first-order valence-corrected chi connectivity index (χ1v) is 41.1. The Bertz CT molecular complexity index is 7140. The van der Waals surface area contributed by atoms with Crippen LogP contribution in [0, 0.1) is 0 Å². The van der Waals surface area contributed by atoms with Gasteiger partial charge in [-0.05, 0) is 261 Å². The Labute approximate surface area is 697 Å². The van der Waals surface area contributed by atoms with Crippen LogP contribution < -0.4 is 14.7 Å². The lowest BCUT2D eigenvalue weighted by atomic mass is 9.97. The Morgan fingerprint density at radius 2 is 0.292 bits per heavy atom. The molecule has 0 fully saturated rings. The van der Waals surface area contributed by atoms with Gasteiger partial charge in [0.2, 0.25) is 0 Å². The van der Waals surface area contributed by atoms with Gasteiger partial charge in [-0.25, -0.2) is 0 Å². The summed E-state index contributed by atoms with van der Waals surface area (Å²) < 4.78 is 7.19. The zero-order valence-corrected chi connectivity index (χ0v) is 65.7. The fraction of sp³-hybridized carbons (Fsp3) is 0. The third kappa shape index (κ3) is 12.9. The molecule has 564 valence electrons. The van der Waals surface area contributed by atoms with Crippen LogP contribution in [0.1, 0.15) is 0 Å². The number of anilines is 9. The SMILES string of the molecule is c1ccc(-c2ccc(N(c3ccc(-c4ccccc4)cc3)c3ccc(-c4ccc(N(c5ccc(-c6ccccc6)cc5)c5ccc(-c6cccc(-c7ccc8c(c7)c7ccccc7n8-c7ccc(N(c8ccc(-n9c%10ccccc%10c%10ccccc%109)cc8)c8ccc(-n9c%10ccccc%10c%10ccccc%109)cc8)cc7)c6)cc5)cc4)cc3)cc2)cc1. The van der Waals surface area contributed by atoms with Gasteiger partial charge in [-0.2, -0.15) is 0 Å². The van der Waals surface area contributed by atoms with E-state index in [4.69, 9.17) is 0 Å². The second kappa shape index (κ2) is 30.3. The van der Waals surface area contributed by atoms with Crippen LogP contribution in [0.15, 0.2) is 473 Å². The van der Waals surface area contributed by atoms with Gasteiger partial charge < -0.3 is 28.4 Å². The van der Waals surface area contributed by atoms with Crippen molar-refractivity contribution in [3.63, 3.8) is 0 Å². The van der Waals surface area contributed by atoms with E-state index in [1.807, 2.05) is 0 Å². The van der Waals surface area contributed by atoms with Crippen molar-refractivity contribution >= 4 is 117 Å². The Kier molecular flexibility index (Phi) is 17.8. The summed E-state index contributed by atoms with van der Waals surface area (Å²) in [6.07, 6.45) is 0. The van der Waals surface area contributed by atoms with Crippen LogP contribution in [-0.2, 0) is 0 Å². The lowest BCUT2D eigenvalue weighted by molar-refractivity contribution is 1.16. The zero-order valence-electron chi connectivity index (χ0n) is 65.7. The predicted molar refractivity (Wildman–Crippen MR) is 506 cm³/mol. The summed E-state index contributed by atoms with van der Waals surface area (Å²) in [6.45, 7) is 0. The van der Waals surface area contributed by atoms with Crippen LogP contribution in [0.25, 0.3) is 149 Å². The normalized spacial score (nSPS) is 11.5. The molecule has 22 aromatic rings. The highest BCUT2D eigenvalue weighted by atomic mass is 15.2. The zero-order chi connectivity index (χ0) is 79.4. The van der Waals surface area contributed by atoms with Crippen molar-refractivity contribution in [1.82, 2.24) is 13.7 Å². The Morgan fingerprint density at radius 3 is 0.558 bits per heavy atom.